The Morgan fingerprint density at radius 2 is 1.62 bits per heavy atom. The third-order valence-electron chi connectivity index (χ3n) is 10.3. The molecular formula is C36H48N4O2. The second-order valence-corrected chi connectivity index (χ2v) is 13.0. The SMILES string of the molecule is CCc1cc(Cc2ccccc2)nn1C1CCN(C[C@H]2CN([C@@H](C(=O)O)C3CCCCC3)CC2c2ccccc2)CC1. The summed E-state index contributed by atoms with van der Waals surface area (Å²) in [5.41, 5.74) is 5.19. The number of benzene rings is 2. The summed E-state index contributed by atoms with van der Waals surface area (Å²) in [6.07, 6.45) is 9.84. The Morgan fingerprint density at radius 1 is 0.929 bits per heavy atom. The van der Waals surface area contributed by atoms with Gasteiger partial charge in [-0.05, 0) is 61.1 Å². The van der Waals surface area contributed by atoms with Crippen LogP contribution in [0.4, 0.5) is 0 Å². The first-order valence-corrected chi connectivity index (χ1v) is 16.4. The number of hydrogen-bond acceptors (Lipinski definition) is 4. The number of aliphatic carboxylic acids is 1. The Hall–Kier alpha value is -2.96. The predicted octanol–water partition coefficient (Wildman–Crippen LogP) is 6.42. The lowest BCUT2D eigenvalue weighted by atomic mass is 9.83. The molecule has 0 spiro atoms. The Balaban J connectivity index is 1.12. The number of aromatic nitrogens is 2. The second-order valence-electron chi connectivity index (χ2n) is 13.0. The van der Waals surface area contributed by atoms with Gasteiger partial charge in [-0.1, -0.05) is 86.8 Å². The summed E-state index contributed by atoms with van der Waals surface area (Å²) in [4.78, 5) is 17.6. The fraction of sp³-hybridized carbons (Fsp3) is 0.556. The number of nitrogens with zero attached hydrogens (tertiary/aromatic N) is 4. The summed E-state index contributed by atoms with van der Waals surface area (Å²) >= 11 is 0. The Labute approximate surface area is 251 Å². The van der Waals surface area contributed by atoms with Crippen LogP contribution < -0.4 is 0 Å². The quantitative estimate of drug-likeness (QED) is 0.306. The lowest BCUT2D eigenvalue weighted by molar-refractivity contribution is -0.145. The minimum absolute atomic E-state index is 0.288. The fourth-order valence-corrected chi connectivity index (χ4v) is 8.14. The average molecular weight is 569 g/mol. The van der Waals surface area contributed by atoms with Crippen LogP contribution in [0, 0.1) is 11.8 Å². The van der Waals surface area contributed by atoms with Crippen LogP contribution in [-0.2, 0) is 17.6 Å². The van der Waals surface area contributed by atoms with E-state index < -0.39 is 5.97 Å². The van der Waals surface area contributed by atoms with Crippen LogP contribution >= 0.6 is 0 Å². The van der Waals surface area contributed by atoms with Crippen molar-refractivity contribution in [3.05, 3.63) is 89.2 Å². The summed E-state index contributed by atoms with van der Waals surface area (Å²) in [6, 6.07) is 23.9. The first kappa shape index (κ1) is 29.1. The molecule has 0 radical (unpaired) electrons. The maximum atomic E-state index is 12.6. The van der Waals surface area contributed by atoms with Gasteiger partial charge in [0, 0.05) is 50.8 Å². The molecule has 2 aromatic carbocycles. The van der Waals surface area contributed by atoms with E-state index >= 15 is 0 Å². The molecule has 3 atom stereocenters. The predicted molar refractivity (Wildman–Crippen MR) is 168 cm³/mol. The van der Waals surface area contributed by atoms with Crippen molar-refractivity contribution >= 4 is 5.97 Å². The summed E-state index contributed by atoms with van der Waals surface area (Å²) in [6.45, 7) is 7.17. The van der Waals surface area contributed by atoms with Crippen molar-refractivity contribution in [2.24, 2.45) is 11.8 Å². The molecule has 6 heteroatoms. The summed E-state index contributed by atoms with van der Waals surface area (Å²) < 4.78 is 2.33. The lowest BCUT2D eigenvalue weighted by Crippen LogP contribution is -2.46. The highest BCUT2D eigenvalue weighted by Crippen LogP contribution is 2.39. The van der Waals surface area contributed by atoms with Gasteiger partial charge >= 0.3 is 5.97 Å². The van der Waals surface area contributed by atoms with Gasteiger partial charge in [-0.25, -0.2) is 0 Å². The van der Waals surface area contributed by atoms with Gasteiger partial charge in [-0.15, -0.1) is 0 Å². The molecule has 1 aromatic heterocycles. The number of hydrogen-bond donors (Lipinski definition) is 1. The fourth-order valence-electron chi connectivity index (χ4n) is 8.14. The van der Waals surface area contributed by atoms with Crippen LogP contribution in [0.2, 0.25) is 0 Å². The first-order valence-electron chi connectivity index (χ1n) is 16.4. The van der Waals surface area contributed by atoms with Crippen molar-refractivity contribution in [1.82, 2.24) is 19.6 Å². The van der Waals surface area contributed by atoms with Crippen molar-refractivity contribution < 1.29 is 9.90 Å². The van der Waals surface area contributed by atoms with E-state index in [0.717, 1.165) is 71.2 Å². The third kappa shape index (κ3) is 6.65. The number of likely N-dealkylation sites (tertiary alicyclic amines) is 2. The number of aryl methyl sites for hydroxylation is 1. The highest BCUT2D eigenvalue weighted by molar-refractivity contribution is 5.74. The van der Waals surface area contributed by atoms with E-state index in [1.807, 2.05) is 0 Å². The Kier molecular flexibility index (Phi) is 9.40. The van der Waals surface area contributed by atoms with Crippen molar-refractivity contribution in [1.29, 1.82) is 0 Å². The monoisotopic (exact) mass is 568 g/mol. The molecule has 6 rings (SSSR count). The minimum Gasteiger partial charge on any atom is -0.480 e. The molecule has 0 bridgehead atoms. The van der Waals surface area contributed by atoms with Gasteiger partial charge in [0.15, 0.2) is 0 Å². The first-order chi connectivity index (χ1) is 20.6. The molecule has 6 nitrogen and oxygen atoms in total. The number of carboxylic acids is 1. The molecular weight excluding hydrogens is 520 g/mol. The molecule has 224 valence electrons. The lowest BCUT2D eigenvalue weighted by Gasteiger charge is -2.35. The number of carboxylic acid groups (broad SMARTS) is 1. The van der Waals surface area contributed by atoms with Crippen molar-refractivity contribution in [2.45, 2.75) is 82.7 Å². The molecule has 2 saturated heterocycles. The molecule has 3 aliphatic rings. The van der Waals surface area contributed by atoms with Crippen LogP contribution in [0.15, 0.2) is 66.7 Å². The highest BCUT2D eigenvalue weighted by Gasteiger charge is 2.43. The van der Waals surface area contributed by atoms with Crippen LogP contribution in [0.3, 0.4) is 0 Å². The van der Waals surface area contributed by atoms with E-state index in [4.69, 9.17) is 5.10 Å². The topological polar surface area (TPSA) is 61.6 Å². The van der Waals surface area contributed by atoms with Gasteiger partial charge in [0.05, 0.1) is 11.7 Å². The van der Waals surface area contributed by atoms with Gasteiger partial charge < -0.3 is 10.0 Å². The van der Waals surface area contributed by atoms with Gasteiger partial charge in [0.1, 0.15) is 6.04 Å². The normalized spacial score (nSPS) is 23.7. The van der Waals surface area contributed by atoms with Gasteiger partial charge in [-0.3, -0.25) is 14.4 Å². The second kappa shape index (κ2) is 13.6. The average Bonchev–Trinajstić information content (AvgIpc) is 3.63. The molecule has 2 aliphatic heterocycles. The zero-order valence-corrected chi connectivity index (χ0v) is 25.3. The van der Waals surface area contributed by atoms with E-state index in [1.54, 1.807) is 0 Å². The van der Waals surface area contributed by atoms with Crippen LogP contribution in [0.25, 0.3) is 0 Å². The van der Waals surface area contributed by atoms with Crippen molar-refractivity contribution in [3.8, 4) is 0 Å². The number of carbonyl (C=O) groups is 1. The zero-order valence-electron chi connectivity index (χ0n) is 25.3. The molecule has 3 aromatic rings. The maximum absolute atomic E-state index is 12.6. The van der Waals surface area contributed by atoms with Gasteiger partial charge in [0.25, 0.3) is 0 Å². The smallest absolute Gasteiger partial charge is 0.321 e. The van der Waals surface area contributed by atoms with E-state index in [2.05, 4.69) is 88.1 Å². The molecule has 1 unspecified atom stereocenters. The molecule has 1 N–H and O–H groups in total. The summed E-state index contributed by atoms with van der Waals surface area (Å²) in [5.74, 6) is 0.499. The van der Waals surface area contributed by atoms with Crippen LogP contribution in [0.1, 0.15) is 86.3 Å². The Bertz CT molecular complexity index is 1280. The van der Waals surface area contributed by atoms with Crippen molar-refractivity contribution in [2.75, 3.05) is 32.7 Å². The van der Waals surface area contributed by atoms with Crippen LogP contribution in [-0.4, -0.2) is 69.4 Å². The third-order valence-corrected chi connectivity index (χ3v) is 10.3. The molecule has 1 aliphatic carbocycles. The number of piperidine rings is 1. The number of rotatable bonds is 10. The highest BCUT2D eigenvalue weighted by atomic mass is 16.4. The minimum atomic E-state index is -0.618. The van der Waals surface area contributed by atoms with E-state index in [1.165, 1.54) is 41.8 Å². The van der Waals surface area contributed by atoms with E-state index in [9.17, 15) is 9.90 Å². The van der Waals surface area contributed by atoms with Crippen molar-refractivity contribution in [3.63, 3.8) is 0 Å². The van der Waals surface area contributed by atoms with Crippen LogP contribution in [0.5, 0.6) is 0 Å². The maximum Gasteiger partial charge on any atom is 0.321 e. The van der Waals surface area contributed by atoms with E-state index in [-0.39, 0.29) is 12.0 Å². The van der Waals surface area contributed by atoms with E-state index in [0.29, 0.717) is 17.9 Å². The summed E-state index contributed by atoms with van der Waals surface area (Å²) in [7, 11) is 0. The van der Waals surface area contributed by atoms with Gasteiger partial charge in [0.2, 0.25) is 0 Å². The molecule has 0 amide bonds. The molecule has 3 heterocycles. The molecule has 3 fully saturated rings. The molecule has 1 saturated carbocycles. The Morgan fingerprint density at radius 3 is 2.29 bits per heavy atom. The summed E-state index contributed by atoms with van der Waals surface area (Å²) in [5, 5.41) is 15.5. The molecule has 42 heavy (non-hydrogen) atoms. The zero-order chi connectivity index (χ0) is 28.9. The van der Waals surface area contributed by atoms with Gasteiger partial charge in [-0.2, -0.15) is 5.10 Å². The largest absolute Gasteiger partial charge is 0.480 e. The standard InChI is InChI=1S/C36H48N4O2/c1-2-32-23-31(22-27-12-6-3-7-13-27)37-40(32)33-18-20-38(21-19-33)24-30-25-39(26-34(30)28-14-8-4-9-15-28)35(36(41)42)29-16-10-5-11-17-29/h3-4,6-9,12-15,23,29-30,33-35H,2,5,10-11,16-22,24-26H2,1H3,(H,41,42)/t30-,34?,35+/m0/s1.